The van der Waals surface area contributed by atoms with Crippen LogP contribution in [0.5, 0.6) is 5.95 Å². The summed E-state index contributed by atoms with van der Waals surface area (Å²) in [6.07, 6.45) is 4.32. The predicted octanol–water partition coefficient (Wildman–Crippen LogP) is 3.16. The van der Waals surface area contributed by atoms with E-state index in [2.05, 4.69) is 0 Å². The maximum absolute atomic E-state index is 12.4. The standard InChI is InChI=1S/C22H25NO6/c1-13(9-16-5-7-18(8-6-16)23(25)26)10-17-11-19(28-12-17)21-14(2)20(24)15(3)22(27-4)29-21/h5-10,19,23,25H,11-12H2,1-4H3/b13-9+,17-10-/t19-/m0/s1. The molecule has 154 valence electrons. The molecule has 0 radical (unpaired) electrons. The number of hydrogen-bond donors (Lipinski definition) is 2. The second kappa shape index (κ2) is 8.75. The number of quaternary nitrogens is 1. The summed E-state index contributed by atoms with van der Waals surface area (Å²) in [5.74, 6) is 0.726. The summed E-state index contributed by atoms with van der Waals surface area (Å²) >= 11 is 0. The van der Waals surface area contributed by atoms with E-state index in [0.717, 1.165) is 16.7 Å². The van der Waals surface area contributed by atoms with Gasteiger partial charge in [0.2, 0.25) is 0 Å². The second-order valence-corrected chi connectivity index (χ2v) is 7.16. The topological polar surface area (TPSA) is 96.4 Å². The van der Waals surface area contributed by atoms with Crippen LogP contribution in [0.1, 0.15) is 41.9 Å². The molecular weight excluding hydrogens is 374 g/mol. The first-order valence-electron chi connectivity index (χ1n) is 9.31. The molecule has 29 heavy (non-hydrogen) atoms. The molecule has 0 aliphatic carbocycles. The van der Waals surface area contributed by atoms with Crippen molar-refractivity contribution in [2.45, 2.75) is 33.3 Å². The van der Waals surface area contributed by atoms with Crippen LogP contribution in [0.25, 0.3) is 6.08 Å². The molecule has 1 aromatic heterocycles. The minimum Gasteiger partial charge on any atom is -0.595 e. The van der Waals surface area contributed by atoms with Gasteiger partial charge in [-0.15, -0.1) is 0 Å². The van der Waals surface area contributed by atoms with Crippen molar-refractivity contribution >= 4 is 11.8 Å². The van der Waals surface area contributed by atoms with E-state index >= 15 is 0 Å². The second-order valence-electron chi connectivity index (χ2n) is 7.16. The van der Waals surface area contributed by atoms with Crippen LogP contribution in [-0.4, -0.2) is 18.9 Å². The number of allylic oxidation sites excluding steroid dienone is 2. The monoisotopic (exact) mass is 399 g/mol. The van der Waals surface area contributed by atoms with Gasteiger partial charge in [0, 0.05) is 24.1 Å². The summed E-state index contributed by atoms with van der Waals surface area (Å²) in [5, 5.41) is 19.0. The molecule has 1 aliphatic rings. The molecule has 0 spiro atoms. The lowest BCUT2D eigenvalue weighted by atomic mass is 10.0. The van der Waals surface area contributed by atoms with Crippen LogP contribution >= 0.6 is 0 Å². The highest BCUT2D eigenvalue weighted by Crippen LogP contribution is 2.35. The Morgan fingerprint density at radius 3 is 2.59 bits per heavy atom. The Labute approximate surface area is 169 Å². The Bertz CT molecular complexity index is 1000. The molecule has 1 fully saturated rings. The Morgan fingerprint density at radius 2 is 1.97 bits per heavy atom. The van der Waals surface area contributed by atoms with Crippen molar-refractivity contribution in [1.82, 2.24) is 0 Å². The van der Waals surface area contributed by atoms with Gasteiger partial charge in [0.05, 0.1) is 19.3 Å². The van der Waals surface area contributed by atoms with Crippen LogP contribution < -0.4 is 15.4 Å². The summed E-state index contributed by atoms with van der Waals surface area (Å²) in [5.41, 5.74) is 4.19. The predicted molar refractivity (Wildman–Crippen MR) is 108 cm³/mol. The summed E-state index contributed by atoms with van der Waals surface area (Å²) in [4.78, 5) is 12.4. The van der Waals surface area contributed by atoms with Gasteiger partial charge in [-0.25, -0.2) is 5.21 Å². The third-order valence-electron chi connectivity index (χ3n) is 4.94. The molecule has 2 heterocycles. The molecule has 7 heteroatoms. The molecule has 1 unspecified atom stereocenters. The first-order chi connectivity index (χ1) is 13.8. The zero-order valence-electron chi connectivity index (χ0n) is 16.9. The summed E-state index contributed by atoms with van der Waals surface area (Å²) in [6.45, 7) is 5.85. The van der Waals surface area contributed by atoms with Crippen molar-refractivity contribution in [2.24, 2.45) is 0 Å². The van der Waals surface area contributed by atoms with Gasteiger partial charge in [-0.3, -0.25) is 4.79 Å². The molecule has 2 atom stereocenters. The van der Waals surface area contributed by atoms with E-state index in [1.807, 2.05) is 19.1 Å². The highest BCUT2D eigenvalue weighted by atomic mass is 16.8. The average molecular weight is 399 g/mol. The van der Waals surface area contributed by atoms with Crippen LogP contribution in [0.15, 0.2) is 50.7 Å². The zero-order chi connectivity index (χ0) is 21.1. The lowest BCUT2D eigenvalue weighted by Crippen LogP contribution is -2.99. The fourth-order valence-electron chi connectivity index (χ4n) is 3.42. The van der Waals surface area contributed by atoms with E-state index < -0.39 is 5.23 Å². The summed E-state index contributed by atoms with van der Waals surface area (Å²) in [7, 11) is 1.47. The van der Waals surface area contributed by atoms with E-state index in [-0.39, 0.29) is 23.2 Å². The molecule has 0 amide bonds. The maximum atomic E-state index is 12.4. The van der Waals surface area contributed by atoms with E-state index in [1.54, 1.807) is 38.1 Å². The first kappa shape index (κ1) is 21.0. The Kier molecular flexibility index (Phi) is 6.34. The van der Waals surface area contributed by atoms with Gasteiger partial charge in [-0.2, -0.15) is 5.23 Å². The number of nitrogens with one attached hydrogen (secondary N) is 1. The van der Waals surface area contributed by atoms with E-state index in [9.17, 15) is 10.0 Å². The van der Waals surface area contributed by atoms with Crippen LogP contribution in [0.4, 0.5) is 5.69 Å². The van der Waals surface area contributed by atoms with Gasteiger partial charge in [0.1, 0.15) is 11.9 Å². The smallest absolute Gasteiger partial charge is 0.291 e. The van der Waals surface area contributed by atoms with E-state index in [1.165, 1.54) is 7.11 Å². The Hall–Kier alpha value is -2.71. The van der Waals surface area contributed by atoms with Gasteiger partial charge in [0.15, 0.2) is 11.1 Å². The van der Waals surface area contributed by atoms with Gasteiger partial charge in [0.25, 0.3) is 5.95 Å². The van der Waals surface area contributed by atoms with Gasteiger partial charge in [-0.1, -0.05) is 17.7 Å². The Balaban J connectivity index is 1.77. The van der Waals surface area contributed by atoms with Gasteiger partial charge < -0.3 is 19.1 Å². The largest absolute Gasteiger partial charge is 0.595 e. The SMILES string of the molecule is COc1oc([C@@H]2C/C(=C/C(C)=C/c3ccc([NH+]([O-])O)cc3)CO2)c(C)c(=O)c1C. The molecule has 2 aromatic rings. The molecule has 1 aliphatic heterocycles. The minimum absolute atomic E-state index is 0.0926. The number of benzene rings is 1. The number of methoxy groups -OCH3 is 1. The number of ether oxygens (including phenoxy) is 2. The summed E-state index contributed by atoms with van der Waals surface area (Å²) < 4.78 is 16.8. The van der Waals surface area contributed by atoms with Gasteiger partial charge in [-0.05, 0) is 44.0 Å². The third-order valence-corrected chi connectivity index (χ3v) is 4.94. The summed E-state index contributed by atoms with van der Waals surface area (Å²) in [6, 6.07) is 6.71. The van der Waals surface area contributed by atoms with Crippen LogP contribution in [0, 0.1) is 19.1 Å². The average Bonchev–Trinajstić information content (AvgIpc) is 3.14. The number of rotatable bonds is 5. The number of hydrogen-bond acceptors (Lipinski definition) is 6. The van der Waals surface area contributed by atoms with Crippen molar-refractivity contribution in [2.75, 3.05) is 13.7 Å². The lowest BCUT2D eigenvalue weighted by Gasteiger charge is -2.13. The minimum atomic E-state index is -0.941. The van der Waals surface area contributed by atoms with Crippen molar-refractivity contribution in [3.05, 3.63) is 79.4 Å². The van der Waals surface area contributed by atoms with E-state index in [4.69, 9.17) is 19.1 Å². The molecule has 1 saturated heterocycles. The fourth-order valence-corrected chi connectivity index (χ4v) is 3.42. The fraction of sp³-hybridized carbons (Fsp3) is 0.318. The highest BCUT2D eigenvalue weighted by Gasteiger charge is 2.28. The first-order valence-corrected chi connectivity index (χ1v) is 9.31. The molecule has 0 saturated carbocycles. The quantitative estimate of drug-likeness (QED) is 0.750. The molecule has 7 nitrogen and oxygen atoms in total. The zero-order valence-corrected chi connectivity index (χ0v) is 16.9. The van der Waals surface area contributed by atoms with Crippen molar-refractivity contribution in [3.8, 4) is 5.95 Å². The third kappa shape index (κ3) is 4.65. The van der Waals surface area contributed by atoms with Crippen molar-refractivity contribution in [1.29, 1.82) is 0 Å². The molecular formula is C22H25NO6. The van der Waals surface area contributed by atoms with Crippen LogP contribution in [0.2, 0.25) is 0 Å². The van der Waals surface area contributed by atoms with Crippen LogP contribution in [-0.2, 0) is 4.74 Å². The lowest BCUT2D eigenvalue weighted by molar-refractivity contribution is -0.991. The maximum Gasteiger partial charge on any atom is 0.291 e. The van der Waals surface area contributed by atoms with Crippen molar-refractivity contribution in [3.63, 3.8) is 0 Å². The molecule has 1 aromatic carbocycles. The van der Waals surface area contributed by atoms with Gasteiger partial charge >= 0.3 is 0 Å². The highest BCUT2D eigenvalue weighted by molar-refractivity contribution is 5.57. The molecule has 2 N–H and O–H groups in total. The molecule has 0 bridgehead atoms. The molecule has 3 rings (SSSR count). The van der Waals surface area contributed by atoms with Crippen molar-refractivity contribution < 1.29 is 24.3 Å². The normalized spacial score (nSPS) is 19.6. The van der Waals surface area contributed by atoms with Crippen LogP contribution in [0.3, 0.4) is 0 Å². The van der Waals surface area contributed by atoms with E-state index in [0.29, 0.717) is 29.9 Å². The Morgan fingerprint density at radius 1 is 1.28 bits per heavy atom.